The van der Waals surface area contributed by atoms with Gasteiger partial charge in [0.1, 0.15) is 0 Å². The van der Waals surface area contributed by atoms with Crippen molar-refractivity contribution in [3.05, 3.63) is 78.5 Å². The van der Waals surface area contributed by atoms with Crippen LogP contribution >= 0.6 is 11.8 Å². The summed E-state index contributed by atoms with van der Waals surface area (Å²) in [7, 11) is 0. The Hall–Kier alpha value is -1.87. The molecule has 1 atom stereocenters. The highest BCUT2D eigenvalue weighted by Crippen LogP contribution is 2.20. The van der Waals surface area contributed by atoms with Gasteiger partial charge in [0, 0.05) is 25.1 Å². The van der Waals surface area contributed by atoms with Crippen LogP contribution in [0, 0.1) is 12.3 Å². The molecule has 1 aromatic heterocycles. The van der Waals surface area contributed by atoms with Crippen LogP contribution in [-0.2, 0) is 4.79 Å². The molecule has 0 aliphatic carbocycles. The topological polar surface area (TPSA) is 30.0 Å². The van der Waals surface area contributed by atoms with E-state index in [0.717, 1.165) is 24.2 Å². The van der Waals surface area contributed by atoms with Crippen molar-refractivity contribution in [2.75, 3.05) is 5.75 Å². The van der Waals surface area contributed by atoms with Gasteiger partial charge in [-0.25, -0.2) is 0 Å². The van der Waals surface area contributed by atoms with Gasteiger partial charge in [-0.1, -0.05) is 60.3 Å². The Balaban J connectivity index is 1.93. The minimum Gasteiger partial charge on any atom is -0.288 e. The maximum atomic E-state index is 11.1. The molecule has 0 amide bonds. The number of hydrogen-bond acceptors (Lipinski definition) is 3. The number of rotatable bonds is 8. The summed E-state index contributed by atoms with van der Waals surface area (Å²) in [6.07, 6.45) is 12.2. The number of allylic oxidation sites excluding steroid dienone is 1. The molecular formula is C20H22NOS. The fourth-order valence-electron chi connectivity index (χ4n) is 2.24. The van der Waals surface area contributed by atoms with Gasteiger partial charge in [0.2, 0.25) is 0 Å². The second kappa shape index (κ2) is 10.0. The second-order valence-electron chi connectivity index (χ2n) is 5.38. The van der Waals surface area contributed by atoms with Crippen LogP contribution in [0.4, 0.5) is 0 Å². The monoisotopic (exact) mass is 324 g/mol. The van der Waals surface area contributed by atoms with E-state index in [-0.39, 0.29) is 5.12 Å². The lowest BCUT2D eigenvalue weighted by Gasteiger charge is -2.12. The van der Waals surface area contributed by atoms with E-state index in [9.17, 15) is 4.79 Å². The van der Waals surface area contributed by atoms with Crippen LogP contribution < -0.4 is 0 Å². The van der Waals surface area contributed by atoms with E-state index in [0.29, 0.717) is 5.92 Å². The fourth-order valence-corrected chi connectivity index (χ4v) is 2.95. The predicted molar refractivity (Wildman–Crippen MR) is 99.0 cm³/mol. The van der Waals surface area contributed by atoms with Gasteiger partial charge in [0.05, 0.1) is 0 Å². The maximum Gasteiger partial charge on any atom is 0.185 e. The Labute approximate surface area is 143 Å². The molecular weight excluding hydrogens is 302 g/mol. The highest BCUT2D eigenvalue weighted by atomic mass is 32.2. The molecule has 0 bridgehead atoms. The number of nitrogens with zero attached hydrogens (tertiary/aromatic N) is 1. The molecule has 2 nitrogen and oxygen atoms in total. The van der Waals surface area contributed by atoms with Crippen molar-refractivity contribution < 1.29 is 4.79 Å². The number of carbonyl (C=O) groups is 1. The van der Waals surface area contributed by atoms with Gasteiger partial charge in [-0.3, -0.25) is 9.78 Å². The lowest BCUT2D eigenvalue weighted by molar-refractivity contribution is -0.109. The Morgan fingerprint density at radius 3 is 2.65 bits per heavy atom. The Morgan fingerprint density at radius 2 is 1.96 bits per heavy atom. The van der Waals surface area contributed by atoms with Gasteiger partial charge in [-0.05, 0) is 42.4 Å². The summed E-state index contributed by atoms with van der Waals surface area (Å²) in [4.78, 5) is 15.3. The third kappa shape index (κ3) is 7.29. The van der Waals surface area contributed by atoms with Crippen molar-refractivity contribution >= 4 is 23.0 Å². The van der Waals surface area contributed by atoms with E-state index < -0.39 is 0 Å². The van der Waals surface area contributed by atoms with Crippen LogP contribution in [0.5, 0.6) is 0 Å². The zero-order chi connectivity index (χ0) is 16.3. The molecule has 0 aliphatic heterocycles. The molecule has 119 valence electrons. The van der Waals surface area contributed by atoms with Gasteiger partial charge in [-0.2, -0.15) is 0 Å². The second-order valence-corrected chi connectivity index (χ2v) is 6.66. The van der Waals surface area contributed by atoms with Crippen molar-refractivity contribution in [2.24, 2.45) is 5.92 Å². The minimum absolute atomic E-state index is 0.187. The van der Waals surface area contributed by atoms with Gasteiger partial charge in [0.25, 0.3) is 0 Å². The molecule has 0 aliphatic rings. The summed E-state index contributed by atoms with van der Waals surface area (Å²) >= 11 is 1.40. The summed E-state index contributed by atoms with van der Waals surface area (Å²) in [6, 6.07) is 14.3. The summed E-state index contributed by atoms with van der Waals surface area (Å²) < 4.78 is 0. The first-order valence-electron chi connectivity index (χ1n) is 7.84. The average Bonchev–Trinajstić information content (AvgIpc) is 2.58. The number of thioether (sulfide) groups is 1. The first-order chi connectivity index (χ1) is 11.2. The molecule has 0 N–H and O–H groups in total. The van der Waals surface area contributed by atoms with Gasteiger partial charge >= 0.3 is 0 Å². The molecule has 2 rings (SSSR count). The van der Waals surface area contributed by atoms with E-state index in [2.05, 4.69) is 41.8 Å². The number of hydrogen-bond donors (Lipinski definition) is 0. The van der Waals surface area contributed by atoms with Gasteiger partial charge < -0.3 is 0 Å². The molecule has 3 heteroatoms. The Bertz CT molecular complexity index is 610. The molecule has 2 aromatic rings. The van der Waals surface area contributed by atoms with E-state index >= 15 is 0 Å². The fraction of sp³-hybridized carbons (Fsp3) is 0.250. The Morgan fingerprint density at radius 1 is 1.17 bits per heavy atom. The first kappa shape index (κ1) is 17.5. The largest absolute Gasteiger partial charge is 0.288 e. The third-order valence-corrected chi connectivity index (χ3v) is 4.34. The highest BCUT2D eigenvalue weighted by molar-refractivity contribution is 8.13. The van der Waals surface area contributed by atoms with Crippen molar-refractivity contribution in [3.8, 4) is 0 Å². The van der Waals surface area contributed by atoms with Crippen LogP contribution in [0.25, 0.3) is 6.08 Å². The molecule has 0 spiro atoms. The summed E-state index contributed by atoms with van der Waals surface area (Å²) in [6.45, 7) is 1.63. The lowest BCUT2D eigenvalue weighted by Crippen LogP contribution is -2.01. The molecule has 23 heavy (non-hydrogen) atoms. The van der Waals surface area contributed by atoms with Crippen LogP contribution in [0.3, 0.4) is 0 Å². The van der Waals surface area contributed by atoms with Gasteiger partial charge in [-0.15, -0.1) is 0 Å². The first-order valence-corrected chi connectivity index (χ1v) is 8.82. The predicted octanol–water partition coefficient (Wildman–Crippen LogP) is 5.02. The molecule has 0 saturated carbocycles. The summed E-state index contributed by atoms with van der Waals surface area (Å²) in [5, 5.41) is 0.187. The maximum absolute atomic E-state index is 11.1. The number of aromatic nitrogens is 1. The smallest absolute Gasteiger partial charge is 0.185 e. The lowest BCUT2D eigenvalue weighted by atomic mass is 9.96. The number of benzene rings is 1. The van der Waals surface area contributed by atoms with E-state index in [1.165, 1.54) is 17.3 Å². The van der Waals surface area contributed by atoms with Crippen LogP contribution in [0.15, 0.2) is 60.9 Å². The average molecular weight is 324 g/mol. The van der Waals surface area contributed by atoms with Crippen molar-refractivity contribution in [2.45, 2.75) is 19.8 Å². The SMILES string of the molecule is CC(=O)SCCC(C=Cc1ccccc1)C[CH]c1cccnc1. The standard InChI is InChI=1S/C20H22NOS/c1-17(22)23-15-13-19(10-9-18-6-3-2-4-7-18)11-12-20-8-5-14-21-16-20/h2-10,12,14,16,19H,11,13,15H2,1H3. The quantitative estimate of drug-likeness (QED) is 0.682. The number of carbonyl (C=O) groups excluding carboxylic acids is 1. The zero-order valence-corrected chi connectivity index (χ0v) is 14.2. The zero-order valence-electron chi connectivity index (χ0n) is 13.4. The normalized spacial score (nSPS) is 12.4. The summed E-state index contributed by atoms with van der Waals surface area (Å²) in [5.74, 6) is 1.28. The van der Waals surface area contributed by atoms with Crippen LogP contribution in [0.1, 0.15) is 30.9 Å². The van der Waals surface area contributed by atoms with Crippen molar-refractivity contribution in [1.29, 1.82) is 0 Å². The molecule has 1 unspecified atom stereocenters. The molecule has 0 saturated heterocycles. The molecule has 1 heterocycles. The molecule has 0 fully saturated rings. The van der Waals surface area contributed by atoms with Crippen molar-refractivity contribution in [3.63, 3.8) is 0 Å². The van der Waals surface area contributed by atoms with E-state index in [1.807, 2.05) is 30.5 Å². The Kier molecular flexibility index (Phi) is 7.61. The van der Waals surface area contributed by atoms with Crippen molar-refractivity contribution in [1.82, 2.24) is 4.98 Å². The third-order valence-electron chi connectivity index (χ3n) is 3.50. The van der Waals surface area contributed by atoms with Crippen LogP contribution in [0.2, 0.25) is 0 Å². The molecule has 1 radical (unpaired) electrons. The van der Waals surface area contributed by atoms with Gasteiger partial charge in [0.15, 0.2) is 5.12 Å². The minimum atomic E-state index is 0.187. The van der Waals surface area contributed by atoms with Crippen LogP contribution in [-0.4, -0.2) is 15.9 Å². The molecule has 1 aromatic carbocycles. The highest BCUT2D eigenvalue weighted by Gasteiger charge is 2.07. The van der Waals surface area contributed by atoms with E-state index in [1.54, 1.807) is 13.1 Å². The summed E-state index contributed by atoms with van der Waals surface area (Å²) in [5.41, 5.74) is 2.35. The number of pyridine rings is 1. The van der Waals surface area contributed by atoms with E-state index in [4.69, 9.17) is 0 Å².